The fraction of sp³-hybridized carbons (Fsp3) is 0.286. The van der Waals surface area contributed by atoms with Crippen molar-refractivity contribution in [3.8, 4) is 11.5 Å². The second-order valence-electron chi connectivity index (χ2n) is 6.91. The summed E-state index contributed by atoms with van der Waals surface area (Å²) in [7, 11) is 0. The molecule has 2 aromatic carbocycles. The van der Waals surface area contributed by atoms with Crippen molar-refractivity contribution in [3.63, 3.8) is 0 Å². The Morgan fingerprint density at radius 1 is 1.09 bits per heavy atom. The van der Waals surface area contributed by atoms with Crippen molar-refractivity contribution in [2.75, 3.05) is 42.3 Å². The normalized spacial score (nSPS) is 14.4. The van der Waals surface area contributed by atoms with Crippen LogP contribution < -0.4 is 10.2 Å². The molecule has 0 spiro atoms. The van der Waals surface area contributed by atoms with Gasteiger partial charge in [0.2, 0.25) is 11.8 Å². The number of hydrogen-bond donors (Lipinski definition) is 1. The average molecular weight is 464 g/mol. The maximum atomic E-state index is 13.2. The number of thioether (sulfide) groups is 1. The van der Waals surface area contributed by atoms with E-state index in [0.717, 1.165) is 29.5 Å². The predicted molar refractivity (Wildman–Crippen MR) is 114 cm³/mol. The molecule has 1 aromatic heterocycles. The van der Waals surface area contributed by atoms with E-state index >= 15 is 0 Å². The van der Waals surface area contributed by atoms with Gasteiger partial charge in [-0.3, -0.25) is 4.79 Å². The lowest BCUT2D eigenvalue weighted by atomic mass is 10.1. The molecule has 1 fully saturated rings. The first-order chi connectivity index (χ1) is 15.4. The number of benzene rings is 2. The second kappa shape index (κ2) is 9.61. The monoisotopic (exact) mass is 464 g/mol. The number of morpholine rings is 1. The van der Waals surface area contributed by atoms with E-state index in [1.54, 1.807) is 4.90 Å². The van der Waals surface area contributed by atoms with Crippen LogP contribution in [0.2, 0.25) is 0 Å². The molecule has 1 aliphatic rings. The number of hydrogen-bond acceptors (Lipinski definition) is 7. The zero-order valence-corrected chi connectivity index (χ0v) is 17.6. The van der Waals surface area contributed by atoms with Gasteiger partial charge in [-0.1, -0.05) is 30.0 Å². The fourth-order valence-corrected chi connectivity index (χ4v) is 3.72. The first kappa shape index (κ1) is 22.2. The van der Waals surface area contributed by atoms with Crippen molar-refractivity contribution < 1.29 is 27.1 Å². The number of alkyl halides is 3. The van der Waals surface area contributed by atoms with Crippen molar-refractivity contribution in [1.29, 1.82) is 0 Å². The molecular weight excluding hydrogens is 445 g/mol. The second-order valence-corrected chi connectivity index (χ2v) is 7.83. The smallest absolute Gasteiger partial charge is 0.411 e. The van der Waals surface area contributed by atoms with Crippen molar-refractivity contribution in [3.05, 3.63) is 54.1 Å². The van der Waals surface area contributed by atoms with E-state index in [1.807, 2.05) is 30.3 Å². The van der Waals surface area contributed by atoms with E-state index in [0.29, 0.717) is 43.6 Å². The summed E-state index contributed by atoms with van der Waals surface area (Å²) < 4.78 is 50.5. The largest absolute Gasteiger partial charge is 0.416 e. The zero-order valence-electron chi connectivity index (χ0n) is 16.8. The number of aromatic nitrogens is 2. The molecule has 32 heavy (non-hydrogen) atoms. The van der Waals surface area contributed by atoms with Crippen LogP contribution in [0, 0.1) is 0 Å². The molecule has 2 heterocycles. The molecule has 0 aliphatic carbocycles. The van der Waals surface area contributed by atoms with Gasteiger partial charge >= 0.3 is 6.18 Å². The molecule has 11 heteroatoms. The van der Waals surface area contributed by atoms with Crippen molar-refractivity contribution in [1.82, 2.24) is 10.2 Å². The first-order valence-electron chi connectivity index (χ1n) is 9.76. The number of rotatable bonds is 6. The number of halogens is 3. The molecule has 1 N–H and O–H groups in total. The van der Waals surface area contributed by atoms with Gasteiger partial charge in [-0.2, -0.15) is 13.2 Å². The highest BCUT2D eigenvalue weighted by Crippen LogP contribution is 2.36. The van der Waals surface area contributed by atoms with Gasteiger partial charge in [-0.15, -0.1) is 10.2 Å². The van der Waals surface area contributed by atoms with Gasteiger partial charge in [0, 0.05) is 18.7 Å². The van der Waals surface area contributed by atoms with E-state index in [1.165, 1.54) is 6.07 Å². The Bertz CT molecular complexity index is 1070. The van der Waals surface area contributed by atoms with E-state index < -0.39 is 17.6 Å². The highest BCUT2D eigenvalue weighted by Gasteiger charge is 2.32. The number of carbonyl (C=O) groups is 1. The topological polar surface area (TPSA) is 80.5 Å². The molecule has 3 aromatic rings. The van der Waals surface area contributed by atoms with Gasteiger partial charge in [-0.05, 0) is 30.3 Å². The van der Waals surface area contributed by atoms with Crippen LogP contribution in [0.5, 0.6) is 0 Å². The fourth-order valence-electron chi connectivity index (χ4n) is 3.16. The molecule has 7 nitrogen and oxygen atoms in total. The van der Waals surface area contributed by atoms with E-state index in [2.05, 4.69) is 15.5 Å². The van der Waals surface area contributed by atoms with Gasteiger partial charge in [0.15, 0.2) is 0 Å². The van der Waals surface area contributed by atoms with Crippen LogP contribution in [0.15, 0.2) is 58.2 Å². The zero-order chi connectivity index (χ0) is 22.6. The molecule has 0 unspecified atom stereocenters. The first-order valence-corrected chi connectivity index (χ1v) is 10.7. The standard InChI is InChI=1S/C21H19F3N4O3S/c22-21(23,24)15-6-7-16(17(12-15)28-8-10-30-11-9-28)25-18(29)13-32-20-27-26-19(31-20)14-4-2-1-3-5-14/h1-7,12H,8-11,13H2,(H,25,29). The Morgan fingerprint density at radius 3 is 2.56 bits per heavy atom. The minimum atomic E-state index is -4.48. The molecular formula is C21H19F3N4O3S. The lowest BCUT2D eigenvalue weighted by Gasteiger charge is -2.31. The highest BCUT2D eigenvalue weighted by molar-refractivity contribution is 7.99. The van der Waals surface area contributed by atoms with Crippen LogP contribution in [-0.2, 0) is 15.7 Å². The maximum Gasteiger partial charge on any atom is 0.416 e. The Labute approximate surface area is 186 Å². The molecule has 1 saturated heterocycles. The van der Waals surface area contributed by atoms with Crippen LogP contribution in [0.1, 0.15) is 5.56 Å². The summed E-state index contributed by atoms with van der Waals surface area (Å²) in [4.78, 5) is 14.3. The Balaban J connectivity index is 1.44. The summed E-state index contributed by atoms with van der Waals surface area (Å²) >= 11 is 1.05. The van der Waals surface area contributed by atoms with E-state index in [9.17, 15) is 18.0 Å². The number of nitrogens with zero attached hydrogens (tertiary/aromatic N) is 3. The highest BCUT2D eigenvalue weighted by atomic mass is 32.2. The van der Waals surface area contributed by atoms with Gasteiger partial charge in [-0.25, -0.2) is 0 Å². The summed E-state index contributed by atoms with van der Waals surface area (Å²) in [6, 6.07) is 12.5. The van der Waals surface area contributed by atoms with Gasteiger partial charge in [0.05, 0.1) is 35.9 Å². The minimum Gasteiger partial charge on any atom is -0.411 e. The van der Waals surface area contributed by atoms with Crippen molar-refractivity contribution in [2.24, 2.45) is 0 Å². The molecule has 168 valence electrons. The van der Waals surface area contributed by atoms with Gasteiger partial charge < -0.3 is 19.4 Å². The summed E-state index contributed by atoms with van der Waals surface area (Å²) in [5.41, 5.74) is 0.605. The third-order valence-corrected chi connectivity index (χ3v) is 5.52. The third kappa shape index (κ3) is 5.40. The van der Waals surface area contributed by atoms with E-state index in [4.69, 9.17) is 9.15 Å². The number of ether oxygens (including phenoxy) is 1. The lowest BCUT2D eigenvalue weighted by molar-refractivity contribution is -0.137. The summed E-state index contributed by atoms with van der Waals surface area (Å²) in [5, 5.41) is 10.8. The van der Waals surface area contributed by atoms with Crippen LogP contribution in [0.3, 0.4) is 0 Å². The SMILES string of the molecule is O=C(CSc1nnc(-c2ccccc2)o1)Nc1ccc(C(F)(F)F)cc1N1CCOCC1. The molecule has 0 radical (unpaired) electrons. The molecule has 4 rings (SSSR count). The van der Waals surface area contributed by atoms with Crippen LogP contribution in [0.4, 0.5) is 24.5 Å². The lowest BCUT2D eigenvalue weighted by Crippen LogP contribution is -2.37. The Kier molecular flexibility index (Phi) is 6.66. The number of carbonyl (C=O) groups excluding carboxylic acids is 1. The molecule has 1 amide bonds. The third-order valence-electron chi connectivity index (χ3n) is 4.70. The van der Waals surface area contributed by atoms with Crippen LogP contribution in [-0.4, -0.2) is 48.2 Å². The number of nitrogens with one attached hydrogen (secondary N) is 1. The van der Waals surface area contributed by atoms with Crippen LogP contribution >= 0.6 is 11.8 Å². The predicted octanol–water partition coefficient (Wildman–Crippen LogP) is 4.32. The van der Waals surface area contributed by atoms with Crippen molar-refractivity contribution in [2.45, 2.75) is 11.4 Å². The van der Waals surface area contributed by atoms with E-state index in [-0.39, 0.29) is 11.0 Å². The minimum absolute atomic E-state index is 0.0417. The molecule has 0 atom stereocenters. The Hall–Kier alpha value is -3.05. The van der Waals surface area contributed by atoms with Crippen molar-refractivity contribution >= 4 is 29.0 Å². The maximum absolute atomic E-state index is 13.2. The molecule has 0 bridgehead atoms. The summed E-state index contributed by atoms with van der Waals surface area (Å²) in [5.74, 6) is -0.102. The van der Waals surface area contributed by atoms with Crippen LogP contribution in [0.25, 0.3) is 11.5 Å². The summed E-state index contributed by atoms with van der Waals surface area (Å²) in [6.45, 7) is 1.67. The average Bonchev–Trinajstić information content (AvgIpc) is 3.28. The number of amides is 1. The molecule has 1 aliphatic heterocycles. The number of anilines is 2. The van der Waals surface area contributed by atoms with Gasteiger partial charge in [0.1, 0.15) is 0 Å². The Morgan fingerprint density at radius 2 is 1.84 bits per heavy atom. The molecule has 0 saturated carbocycles. The van der Waals surface area contributed by atoms with Gasteiger partial charge in [0.25, 0.3) is 5.22 Å². The quantitative estimate of drug-likeness (QED) is 0.544. The summed E-state index contributed by atoms with van der Waals surface area (Å²) in [6.07, 6.45) is -4.48.